The zero-order chi connectivity index (χ0) is 15.5. The molecule has 1 fully saturated rings. The van der Waals surface area contributed by atoms with Gasteiger partial charge in [0, 0.05) is 24.7 Å². The summed E-state index contributed by atoms with van der Waals surface area (Å²) < 4.78 is 5.29. The van der Waals surface area contributed by atoms with E-state index in [9.17, 15) is 4.79 Å². The lowest BCUT2D eigenvalue weighted by atomic mass is 10.1. The average molecular weight is 299 g/mol. The van der Waals surface area contributed by atoms with Crippen molar-refractivity contribution >= 4 is 5.91 Å². The Kier molecular flexibility index (Phi) is 4.24. The fourth-order valence-electron chi connectivity index (χ4n) is 2.90. The molecule has 0 bridgehead atoms. The van der Waals surface area contributed by atoms with Gasteiger partial charge in [0.05, 0.1) is 0 Å². The molecule has 1 saturated heterocycles. The number of hydrogen-bond acceptors (Lipinski definition) is 4. The van der Waals surface area contributed by atoms with E-state index < -0.39 is 0 Å². The predicted octanol–water partition coefficient (Wildman–Crippen LogP) is 2.60. The molecule has 1 atom stereocenters. The van der Waals surface area contributed by atoms with Gasteiger partial charge in [-0.3, -0.25) is 4.79 Å². The van der Waals surface area contributed by atoms with Crippen LogP contribution in [0.2, 0.25) is 0 Å². The molecular weight excluding hydrogens is 278 g/mol. The van der Waals surface area contributed by atoms with Gasteiger partial charge in [0.15, 0.2) is 0 Å². The van der Waals surface area contributed by atoms with Crippen molar-refractivity contribution in [1.82, 2.24) is 10.1 Å². The van der Waals surface area contributed by atoms with Gasteiger partial charge in [-0.15, -0.1) is 0 Å². The van der Waals surface area contributed by atoms with E-state index in [0.717, 1.165) is 31.4 Å². The van der Waals surface area contributed by atoms with Gasteiger partial charge in [-0.05, 0) is 26.2 Å². The minimum Gasteiger partial charge on any atom is -0.360 e. The quantitative estimate of drug-likeness (QED) is 0.925. The van der Waals surface area contributed by atoms with Gasteiger partial charge in [0.25, 0.3) is 5.91 Å². The minimum absolute atomic E-state index is 0.00768. The normalized spacial score (nSPS) is 19.0. The first kappa shape index (κ1) is 14.8. The summed E-state index contributed by atoms with van der Waals surface area (Å²) in [5, 5.41) is 4.09. The number of benzene rings is 1. The number of nitrogens with zero attached hydrogens (tertiary/aromatic N) is 2. The third-order valence-electron chi connectivity index (χ3n) is 4.18. The minimum atomic E-state index is -0.00768. The maximum atomic E-state index is 12.9. The molecule has 2 aromatic rings. The fraction of sp³-hybridized carbons (Fsp3) is 0.412. The van der Waals surface area contributed by atoms with Crippen LogP contribution < -0.4 is 5.73 Å². The molecule has 0 saturated carbocycles. The molecule has 116 valence electrons. The SMILES string of the molecule is Cc1onc(-c2ccccc2)c1C(=O)N1CCCC(N)CC1. The number of hydrogen-bond donors (Lipinski definition) is 1. The van der Waals surface area contributed by atoms with Crippen LogP contribution in [0.3, 0.4) is 0 Å². The van der Waals surface area contributed by atoms with E-state index in [-0.39, 0.29) is 11.9 Å². The molecule has 2 heterocycles. The first-order chi connectivity index (χ1) is 10.7. The van der Waals surface area contributed by atoms with Crippen LogP contribution in [0, 0.1) is 6.92 Å². The summed E-state index contributed by atoms with van der Waals surface area (Å²) in [6.07, 6.45) is 2.76. The largest absolute Gasteiger partial charge is 0.360 e. The molecule has 2 N–H and O–H groups in total. The summed E-state index contributed by atoms with van der Waals surface area (Å²) in [5.41, 5.74) is 8.09. The summed E-state index contributed by atoms with van der Waals surface area (Å²) in [4.78, 5) is 14.8. The van der Waals surface area contributed by atoms with Gasteiger partial charge in [-0.25, -0.2) is 0 Å². The van der Waals surface area contributed by atoms with E-state index >= 15 is 0 Å². The molecule has 1 aliphatic rings. The van der Waals surface area contributed by atoms with Crippen LogP contribution in [-0.2, 0) is 0 Å². The zero-order valence-electron chi connectivity index (χ0n) is 12.8. The molecule has 1 aromatic carbocycles. The molecule has 5 heteroatoms. The molecule has 5 nitrogen and oxygen atoms in total. The molecule has 1 aromatic heterocycles. The van der Waals surface area contributed by atoms with Crippen molar-refractivity contribution in [2.24, 2.45) is 5.73 Å². The number of aryl methyl sites for hydroxylation is 1. The van der Waals surface area contributed by atoms with Gasteiger partial charge in [0.2, 0.25) is 0 Å². The molecule has 0 aliphatic carbocycles. The Hall–Kier alpha value is -2.14. The van der Waals surface area contributed by atoms with Crippen LogP contribution in [0.1, 0.15) is 35.4 Å². The highest BCUT2D eigenvalue weighted by atomic mass is 16.5. The molecule has 1 unspecified atom stereocenters. The summed E-state index contributed by atoms with van der Waals surface area (Å²) in [5.74, 6) is 0.559. The third-order valence-corrected chi connectivity index (χ3v) is 4.18. The van der Waals surface area contributed by atoms with E-state index in [1.807, 2.05) is 35.2 Å². The molecule has 0 spiro atoms. The summed E-state index contributed by atoms with van der Waals surface area (Å²) >= 11 is 0. The first-order valence-electron chi connectivity index (χ1n) is 7.73. The van der Waals surface area contributed by atoms with Gasteiger partial charge >= 0.3 is 0 Å². The summed E-state index contributed by atoms with van der Waals surface area (Å²) in [6.45, 7) is 3.22. The zero-order valence-corrected chi connectivity index (χ0v) is 12.8. The van der Waals surface area contributed by atoms with Crippen molar-refractivity contribution in [2.45, 2.75) is 32.2 Å². The van der Waals surface area contributed by atoms with Crippen LogP contribution >= 0.6 is 0 Å². The smallest absolute Gasteiger partial charge is 0.259 e. The summed E-state index contributed by atoms with van der Waals surface area (Å²) in [6, 6.07) is 9.86. The number of likely N-dealkylation sites (tertiary alicyclic amines) is 1. The molecule has 1 aliphatic heterocycles. The number of aromatic nitrogens is 1. The van der Waals surface area contributed by atoms with E-state index in [0.29, 0.717) is 23.6 Å². The van der Waals surface area contributed by atoms with Crippen LogP contribution in [0.25, 0.3) is 11.3 Å². The predicted molar refractivity (Wildman–Crippen MR) is 84.4 cm³/mol. The van der Waals surface area contributed by atoms with E-state index in [1.54, 1.807) is 6.92 Å². The lowest BCUT2D eigenvalue weighted by molar-refractivity contribution is 0.0760. The van der Waals surface area contributed by atoms with Crippen LogP contribution in [0.4, 0.5) is 0 Å². The van der Waals surface area contributed by atoms with Crippen LogP contribution in [0.5, 0.6) is 0 Å². The van der Waals surface area contributed by atoms with E-state index in [1.165, 1.54) is 0 Å². The number of carbonyl (C=O) groups excluding carboxylic acids is 1. The Morgan fingerprint density at radius 3 is 2.82 bits per heavy atom. The Bertz CT molecular complexity index is 651. The standard InChI is InChI=1S/C17H21N3O2/c1-12-15(16(19-22-12)13-6-3-2-4-7-13)17(21)20-10-5-8-14(18)9-11-20/h2-4,6-7,14H,5,8-11,18H2,1H3. The van der Waals surface area contributed by atoms with Crippen molar-refractivity contribution < 1.29 is 9.32 Å². The molecule has 0 radical (unpaired) electrons. The Balaban J connectivity index is 1.91. The van der Waals surface area contributed by atoms with Gasteiger partial charge in [-0.2, -0.15) is 0 Å². The van der Waals surface area contributed by atoms with Crippen molar-refractivity contribution in [1.29, 1.82) is 0 Å². The fourth-order valence-corrected chi connectivity index (χ4v) is 2.90. The number of rotatable bonds is 2. The second kappa shape index (κ2) is 6.32. The van der Waals surface area contributed by atoms with Crippen LogP contribution in [0.15, 0.2) is 34.9 Å². The van der Waals surface area contributed by atoms with Crippen molar-refractivity contribution in [3.8, 4) is 11.3 Å². The van der Waals surface area contributed by atoms with Gasteiger partial charge in [0.1, 0.15) is 17.0 Å². The first-order valence-corrected chi connectivity index (χ1v) is 7.73. The highest BCUT2D eigenvalue weighted by Crippen LogP contribution is 2.27. The van der Waals surface area contributed by atoms with E-state index in [4.69, 9.17) is 10.3 Å². The van der Waals surface area contributed by atoms with Crippen LogP contribution in [-0.4, -0.2) is 35.1 Å². The Labute approximate surface area is 130 Å². The van der Waals surface area contributed by atoms with Gasteiger partial charge in [-0.1, -0.05) is 35.5 Å². The lowest BCUT2D eigenvalue weighted by Gasteiger charge is -2.20. The highest BCUT2D eigenvalue weighted by molar-refractivity contribution is 6.00. The van der Waals surface area contributed by atoms with Crippen molar-refractivity contribution in [2.75, 3.05) is 13.1 Å². The lowest BCUT2D eigenvalue weighted by Crippen LogP contribution is -2.33. The molecule has 1 amide bonds. The highest BCUT2D eigenvalue weighted by Gasteiger charge is 2.27. The Morgan fingerprint density at radius 2 is 2.05 bits per heavy atom. The van der Waals surface area contributed by atoms with Crippen molar-refractivity contribution in [3.05, 3.63) is 41.7 Å². The summed E-state index contributed by atoms with van der Waals surface area (Å²) in [7, 11) is 0. The average Bonchev–Trinajstić information content (AvgIpc) is 2.78. The Morgan fingerprint density at radius 1 is 1.27 bits per heavy atom. The monoisotopic (exact) mass is 299 g/mol. The third kappa shape index (κ3) is 2.90. The van der Waals surface area contributed by atoms with Gasteiger partial charge < -0.3 is 15.2 Å². The molecule has 3 rings (SSSR count). The van der Waals surface area contributed by atoms with Crippen molar-refractivity contribution in [3.63, 3.8) is 0 Å². The maximum absolute atomic E-state index is 12.9. The topological polar surface area (TPSA) is 72.4 Å². The number of amides is 1. The maximum Gasteiger partial charge on any atom is 0.259 e. The second-order valence-electron chi connectivity index (χ2n) is 5.81. The van der Waals surface area contributed by atoms with E-state index in [2.05, 4.69) is 5.16 Å². The molecule has 22 heavy (non-hydrogen) atoms. The second-order valence-corrected chi connectivity index (χ2v) is 5.81. The number of carbonyl (C=O) groups is 1. The molecular formula is C17H21N3O2. The number of nitrogens with two attached hydrogens (primary N) is 1.